The maximum Gasteiger partial charge on any atom is 0.339 e. The fourth-order valence-corrected chi connectivity index (χ4v) is 1.34. The number of ether oxygens (including phenoxy) is 2. The van der Waals surface area contributed by atoms with Crippen LogP contribution in [-0.2, 0) is 14.3 Å². The molecular formula is C14H15FO3. The van der Waals surface area contributed by atoms with Gasteiger partial charge in [-0.2, -0.15) is 0 Å². The summed E-state index contributed by atoms with van der Waals surface area (Å²) in [6.07, 6.45) is -2.04. The van der Waals surface area contributed by atoms with Crippen LogP contribution in [-0.4, -0.2) is 25.9 Å². The molecule has 96 valence electrons. The minimum absolute atomic E-state index is 0.0249. The average molecular weight is 250 g/mol. The van der Waals surface area contributed by atoms with Crippen LogP contribution in [0.15, 0.2) is 30.3 Å². The lowest BCUT2D eigenvalue weighted by Gasteiger charge is -2.14. The molecule has 0 aliphatic carbocycles. The number of hydrogen-bond acceptors (Lipinski definition) is 3. The highest BCUT2D eigenvalue weighted by Crippen LogP contribution is 2.18. The molecule has 0 amide bonds. The van der Waals surface area contributed by atoms with Crippen LogP contribution >= 0.6 is 0 Å². The van der Waals surface area contributed by atoms with Crippen LogP contribution in [0.1, 0.15) is 18.6 Å². The second kappa shape index (κ2) is 7.46. The van der Waals surface area contributed by atoms with Gasteiger partial charge < -0.3 is 9.47 Å². The first-order valence-electron chi connectivity index (χ1n) is 5.52. The number of rotatable bonds is 4. The monoisotopic (exact) mass is 250 g/mol. The van der Waals surface area contributed by atoms with Crippen LogP contribution in [0.25, 0.3) is 0 Å². The summed E-state index contributed by atoms with van der Waals surface area (Å²) in [6, 6.07) is 8.94. The highest BCUT2D eigenvalue weighted by Gasteiger charge is 2.21. The number of alkyl halides is 1. The summed E-state index contributed by atoms with van der Waals surface area (Å²) in [4.78, 5) is 11.6. The van der Waals surface area contributed by atoms with Gasteiger partial charge in [0.15, 0.2) is 12.3 Å². The summed E-state index contributed by atoms with van der Waals surface area (Å²) in [7, 11) is 1.29. The molecule has 0 saturated heterocycles. The number of halogens is 1. The van der Waals surface area contributed by atoms with Crippen LogP contribution in [0.4, 0.5) is 4.39 Å². The lowest BCUT2D eigenvalue weighted by atomic mass is 10.1. The van der Waals surface area contributed by atoms with E-state index in [1.807, 2.05) is 6.07 Å². The minimum Gasteiger partial charge on any atom is -0.467 e. The Hall–Kier alpha value is -1.86. The maximum atomic E-state index is 12.5. The van der Waals surface area contributed by atoms with E-state index in [4.69, 9.17) is 4.74 Å². The Labute approximate surface area is 106 Å². The van der Waals surface area contributed by atoms with Crippen molar-refractivity contribution in [2.75, 3.05) is 13.7 Å². The van der Waals surface area contributed by atoms with Gasteiger partial charge in [-0.05, 0) is 12.5 Å². The third kappa shape index (κ3) is 4.56. The van der Waals surface area contributed by atoms with Gasteiger partial charge in [-0.1, -0.05) is 42.2 Å². The third-order valence-corrected chi connectivity index (χ3v) is 2.14. The summed E-state index contributed by atoms with van der Waals surface area (Å²) in [5, 5.41) is 0. The number of hydrogen-bond donors (Lipinski definition) is 0. The van der Waals surface area contributed by atoms with Crippen molar-refractivity contribution in [3.8, 4) is 11.8 Å². The fourth-order valence-electron chi connectivity index (χ4n) is 1.34. The molecule has 3 nitrogen and oxygen atoms in total. The van der Waals surface area contributed by atoms with Gasteiger partial charge in [0.1, 0.15) is 6.61 Å². The molecule has 0 radical (unpaired) electrons. The fraction of sp³-hybridized carbons (Fsp3) is 0.357. The zero-order chi connectivity index (χ0) is 13.4. The molecule has 0 unspecified atom stereocenters. The Morgan fingerprint density at radius 1 is 1.39 bits per heavy atom. The molecule has 0 bridgehead atoms. The van der Waals surface area contributed by atoms with E-state index in [1.54, 1.807) is 24.3 Å². The number of carbonyl (C=O) groups excluding carboxylic acids is 1. The van der Waals surface area contributed by atoms with E-state index >= 15 is 0 Å². The summed E-state index contributed by atoms with van der Waals surface area (Å²) >= 11 is 0. The summed E-state index contributed by atoms with van der Waals surface area (Å²) < 4.78 is 22.4. The van der Waals surface area contributed by atoms with E-state index in [0.29, 0.717) is 5.56 Å². The first-order valence-corrected chi connectivity index (χ1v) is 5.52. The Morgan fingerprint density at radius 3 is 2.61 bits per heavy atom. The Balaban J connectivity index is 2.70. The van der Waals surface area contributed by atoms with Crippen molar-refractivity contribution >= 4 is 5.97 Å². The molecule has 0 aromatic heterocycles. The highest BCUT2D eigenvalue weighted by atomic mass is 19.1. The van der Waals surface area contributed by atoms with Gasteiger partial charge >= 0.3 is 5.97 Å². The van der Waals surface area contributed by atoms with Crippen molar-refractivity contribution in [1.82, 2.24) is 0 Å². The van der Waals surface area contributed by atoms with Crippen molar-refractivity contribution < 1.29 is 18.7 Å². The zero-order valence-electron chi connectivity index (χ0n) is 10.4. The summed E-state index contributed by atoms with van der Waals surface area (Å²) in [5.41, 5.74) is 0.680. The first-order chi connectivity index (χ1) is 8.65. The second-order valence-corrected chi connectivity index (χ2v) is 3.56. The van der Waals surface area contributed by atoms with Gasteiger partial charge in [0.25, 0.3) is 0 Å². The molecule has 0 spiro atoms. The van der Waals surface area contributed by atoms with Crippen molar-refractivity contribution in [2.45, 2.75) is 19.2 Å². The van der Waals surface area contributed by atoms with E-state index in [1.165, 1.54) is 14.0 Å². The predicted octanol–water partition coefficient (Wildman–Crippen LogP) is 2.28. The Morgan fingerprint density at radius 2 is 2.06 bits per heavy atom. The number of carbonyl (C=O) groups is 1. The predicted molar refractivity (Wildman–Crippen MR) is 65.5 cm³/mol. The molecule has 0 N–H and O–H groups in total. The van der Waals surface area contributed by atoms with E-state index in [9.17, 15) is 9.18 Å². The van der Waals surface area contributed by atoms with Gasteiger partial charge in [0, 0.05) is 0 Å². The molecule has 4 heteroatoms. The minimum atomic E-state index is -1.21. The van der Waals surface area contributed by atoms with E-state index in [2.05, 4.69) is 16.6 Å². The third-order valence-electron chi connectivity index (χ3n) is 2.14. The van der Waals surface area contributed by atoms with Gasteiger partial charge in [-0.25, -0.2) is 9.18 Å². The lowest BCUT2D eigenvalue weighted by molar-refractivity contribution is -0.153. The molecule has 18 heavy (non-hydrogen) atoms. The van der Waals surface area contributed by atoms with Gasteiger partial charge in [-0.15, -0.1) is 0 Å². The molecule has 0 fully saturated rings. The van der Waals surface area contributed by atoms with Crippen LogP contribution < -0.4 is 0 Å². The standard InChI is InChI=1S/C14H15FO3/c1-11(15)7-6-10-18-13(14(16)17-2)12-8-4-3-5-9-12/h3-5,8-9,11,13H,10H2,1-2H3/t11-,13+/m1/s1. The average Bonchev–Trinajstić information content (AvgIpc) is 2.38. The molecular weight excluding hydrogens is 235 g/mol. The van der Waals surface area contributed by atoms with Crippen molar-refractivity contribution in [3.05, 3.63) is 35.9 Å². The Kier molecular flexibility index (Phi) is 5.89. The topological polar surface area (TPSA) is 35.5 Å². The normalized spacial score (nSPS) is 13.1. The van der Waals surface area contributed by atoms with Gasteiger partial charge in [0.05, 0.1) is 7.11 Å². The van der Waals surface area contributed by atoms with Crippen LogP contribution in [0.3, 0.4) is 0 Å². The number of methoxy groups -OCH3 is 1. The Bertz CT molecular complexity index is 431. The second-order valence-electron chi connectivity index (χ2n) is 3.56. The van der Waals surface area contributed by atoms with E-state index < -0.39 is 18.2 Å². The van der Waals surface area contributed by atoms with Crippen LogP contribution in [0.5, 0.6) is 0 Å². The van der Waals surface area contributed by atoms with Crippen molar-refractivity contribution in [3.63, 3.8) is 0 Å². The molecule has 0 aliphatic heterocycles. The first kappa shape index (κ1) is 14.2. The van der Waals surface area contributed by atoms with Crippen molar-refractivity contribution in [2.24, 2.45) is 0 Å². The van der Waals surface area contributed by atoms with Crippen LogP contribution in [0, 0.1) is 11.8 Å². The lowest BCUT2D eigenvalue weighted by Crippen LogP contribution is -2.17. The van der Waals surface area contributed by atoms with E-state index in [0.717, 1.165) is 0 Å². The van der Waals surface area contributed by atoms with Crippen molar-refractivity contribution in [1.29, 1.82) is 0 Å². The highest BCUT2D eigenvalue weighted by molar-refractivity contribution is 5.76. The van der Waals surface area contributed by atoms with Gasteiger partial charge in [-0.3, -0.25) is 0 Å². The zero-order valence-corrected chi connectivity index (χ0v) is 10.4. The van der Waals surface area contributed by atoms with Crippen LogP contribution in [0.2, 0.25) is 0 Å². The molecule has 0 heterocycles. The van der Waals surface area contributed by atoms with E-state index in [-0.39, 0.29) is 6.61 Å². The largest absolute Gasteiger partial charge is 0.467 e. The summed E-state index contributed by atoms with van der Waals surface area (Å²) in [5.74, 6) is 4.32. The summed E-state index contributed by atoms with van der Waals surface area (Å²) in [6.45, 7) is 1.31. The SMILES string of the molecule is COC(=O)[C@@H](OCC#C[C@@H](C)F)c1ccccc1. The maximum absolute atomic E-state index is 12.5. The smallest absolute Gasteiger partial charge is 0.339 e. The molecule has 2 atom stereocenters. The number of benzene rings is 1. The molecule has 1 aromatic rings. The van der Waals surface area contributed by atoms with Gasteiger partial charge in [0.2, 0.25) is 0 Å². The molecule has 0 aliphatic rings. The molecule has 1 aromatic carbocycles. The molecule has 0 saturated carbocycles. The number of esters is 1. The molecule has 1 rings (SSSR count). The quantitative estimate of drug-likeness (QED) is 0.607.